The normalized spacial score (nSPS) is 10.6. The molecule has 0 atom stereocenters. The lowest BCUT2D eigenvalue weighted by atomic mass is 9.92. The predicted molar refractivity (Wildman–Crippen MR) is 112 cm³/mol. The fourth-order valence-corrected chi connectivity index (χ4v) is 3.30. The Labute approximate surface area is 160 Å². The lowest BCUT2D eigenvalue weighted by molar-refractivity contribution is 0.485. The van der Waals surface area contributed by atoms with Crippen LogP contribution in [0.25, 0.3) is 22.3 Å². The molecule has 0 amide bonds. The van der Waals surface area contributed by atoms with E-state index < -0.39 is 0 Å². The van der Waals surface area contributed by atoms with E-state index in [9.17, 15) is 0 Å². The Morgan fingerprint density at radius 2 is 1.26 bits per heavy atom. The van der Waals surface area contributed by atoms with Gasteiger partial charge in [-0.05, 0) is 47.4 Å². The molecule has 4 aromatic carbocycles. The number of hydrogen-bond acceptors (Lipinski definition) is 1. The first-order valence-corrected chi connectivity index (χ1v) is 9.28. The maximum absolute atomic E-state index is 6.47. The zero-order chi connectivity index (χ0) is 18.5. The number of rotatable bonds is 5. The van der Waals surface area contributed by atoms with Crippen LogP contribution in [0.1, 0.15) is 12.5 Å². The minimum Gasteiger partial charge on any atom is -0.456 e. The van der Waals surface area contributed by atoms with E-state index in [2.05, 4.69) is 67.6 Å². The molecule has 0 N–H and O–H groups in total. The van der Waals surface area contributed by atoms with E-state index in [0.717, 1.165) is 45.7 Å². The molecule has 4 rings (SSSR count). The van der Waals surface area contributed by atoms with Crippen molar-refractivity contribution < 1.29 is 4.74 Å². The van der Waals surface area contributed by atoms with Crippen molar-refractivity contribution in [3.63, 3.8) is 0 Å². The van der Waals surface area contributed by atoms with Gasteiger partial charge in [-0.1, -0.05) is 85.8 Å². The second-order valence-corrected chi connectivity index (χ2v) is 6.39. The standard InChI is InChI=1S/C26H21O/c1-2-20-18-19-24(21-12-6-3-7-13-21)26(27-23-16-10-5-11-17-23)25(20)22-14-8-4-9-15-22/h3-17,19H,2H2,1H3. The molecule has 0 spiro atoms. The lowest BCUT2D eigenvalue weighted by Gasteiger charge is -2.19. The third-order valence-corrected chi connectivity index (χ3v) is 4.63. The van der Waals surface area contributed by atoms with Crippen LogP contribution in [0.2, 0.25) is 0 Å². The fourth-order valence-electron chi connectivity index (χ4n) is 3.30. The molecule has 0 saturated carbocycles. The van der Waals surface area contributed by atoms with E-state index in [4.69, 9.17) is 4.74 Å². The number of hydrogen-bond donors (Lipinski definition) is 0. The monoisotopic (exact) mass is 349 g/mol. The van der Waals surface area contributed by atoms with Gasteiger partial charge < -0.3 is 4.74 Å². The molecular weight excluding hydrogens is 328 g/mol. The van der Waals surface area contributed by atoms with Crippen molar-refractivity contribution in [3.8, 4) is 33.8 Å². The van der Waals surface area contributed by atoms with Crippen LogP contribution in [-0.4, -0.2) is 0 Å². The first-order chi connectivity index (χ1) is 13.4. The van der Waals surface area contributed by atoms with Crippen LogP contribution < -0.4 is 4.74 Å². The van der Waals surface area contributed by atoms with E-state index in [1.165, 1.54) is 0 Å². The third kappa shape index (κ3) is 3.63. The van der Waals surface area contributed by atoms with Gasteiger partial charge in [0.25, 0.3) is 0 Å². The Morgan fingerprint density at radius 3 is 1.85 bits per heavy atom. The summed E-state index contributed by atoms with van der Waals surface area (Å²) in [5, 5.41) is 0. The molecular formula is C26H21O. The highest BCUT2D eigenvalue weighted by Gasteiger charge is 2.18. The number of para-hydroxylation sites is 1. The zero-order valence-electron chi connectivity index (χ0n) is 15.4. The van der Waals surface area contributed by atoms with Crippen LogP contribution in [-0.2, 0) is 6.42 Å². The zero-order valence-corrected chi connectivity index (χ0v) is 15.4. The molecule has 0 bridgehead atoms. The summed E-state index contributed by atoms with van der Waals surface area (Å²) in [4.78, 5) is 0. The summed E-state index contributed by atoms with van der Waals surface area (Å²) in [5.74, 6) is 1.72. The van der Waals surface area contributed by atoms with Gasteiger partial charge in [-0.25, -0.2) is 0 Å². The van der Waals surface area contributed by atoms with Crippen LogP contribution in [0, 0.1) is 6.07 Å². The first kappa shape index (κ1) is 17.1. The third-order valence-electron chi connectivity index (χ3n) is 4.63. The quantitative estimate of drug-likeness (QED) is 0.371. The van der Waals surface area contributed by atoms with Crippen molar-refractivity contribution in [2.24, 2.45) is 0 Å². The highest BCUT2D eigenvalue weighted by atomic mass is 16.5. The van der Waals surface area contributed by atoms with E-state index in [-0.39, 0.29) is 0 Å². The first-order valence-electron chi connectivity index (χ1n) is 9.28. The molecule has 0 aliphatic carbocycles. The molecule has 27 heavy (non-hydrogen) atoms. The molecule has 1 nitrogen and oxygen atoms in total. The van der Waals surface area contributed by atoms with Crippen molar-refractivity contribution in [2.45, 2.75) is 13.3 Å². The van der Waals surface area contributed by atoms with Crippen molar-refractivity contribution in [1.82, 2.24) is 0 Å². The largest absolute Gasteiger partial charge is 0.456 e. The molecule has 0 heterocycles. The molecule has 0 fully saturated rings. The maximum Gasteiger partial charge on any atom is 0.143 e. The van der Waals surface area contributed by atoms with Gasteiger partial charge in [-0.3, -0.25) is 0 Å². The van der Waals surface area contributed by atoms with Crippen LogP contribution in [0.15, 0.2) is 97.1 Å². The van der Waals surface area contributed by atoms with Gasteiger partial charge in [0.2, 0.25) is 0 Å². The van der Waals surface area contributed by atoms with Crippen molar-refractivity contribution in [3.05, 3.63) is 109 Å². The highest BCUT2D eigenvalue weighted by molar-refractivity contribution is 5.85. The summed E-state index contributed by atoms with van der Waals surface area (Å²) in [6.07, 6.45) is 0.893. The summed E-state index contributed by atoms with van der Waals surface area (Å²) in [6.45, 7) is 2.16. The van der Waals surface area contributed by atoms with Crippen LogP contribution in [0.3, 0.4) is 0 Å². The average molecular weight is 349 g/mol. The molecule has 0 aliphatic rings. The van der Waals surface area contributed by atoms with Gasteiger partial charge in [0, 0.05) is 11.1 Å². The summed E-state index contributed by atoms with van der Waals surface area (Å²) >= 11 is 0. The Bertz CT molecular complexity index is 1010. The fraction of sp³-hybridized carbons (Fsp3) is 0.0769. The van der Waals surface area contributed by atoms with Gasteiger partial charge in [0.05, 0.1) is 0 Å². The van der Waals surface area contributed by atoms with E-state index in [1.807, 2.05) is 42.5 Å². The Balaban J connectivity index is 1.97. The highest BCUT2D eigenvalue weighted by Crippen LogP contribution is 2.43. The summed E-state index contributed by atoms with van der Waals surface area (Å²) < 4.78 is 6.47. The minimum absolute atomic E-state index is 0.833. The Morgan fingerprint density at radius 1 is 0.704 bits per heavy atom. The number of ether oxygens (including phenoxy) is 1. The van der Waals surface area contributed by atoms with Crippen LogP contribution in [0.4, 0.5) is 0 Å². The lowest BCUT2D eigenvalue weighted by Crippen LogP contribution is -1.97. The van der Waals surface area contributed by atoms with Gasteiger partial charge in [0.15, 0.2) is 0 Å². The molecule has 0 saturated heterocycles. The van der Waals surface area contributed by atoms with Gasteiger partial charge >= 0.3 is 0 Å². The van der Waals surface area contributed by atoms with Crippen molar-refractivity contribution in [2.75, 3.05) is 0 Å². The molecule has 0 aromatic heterocycles. The van der Waals surface area contributed by atoms with Crippen molar-refractivity contribution in [1.29, 1.82) is 0 Å². The molecule has 0 aliphatic heterocycles. The number of benzene rings is 4. The topological polar surface area (TPSA) is 9.23 Å². The van der Waals surface area contributed by atoms with Gasteiger partial charge in [-0.2, -0.15) is 0 Å². The van der Waals surface area contributed by atoms with E-state index in [1.54, 1.807) is 0 Å². The van der Waals surface area contributed by atoms with E-state index in [0.29, 0.717) is 0 Å². The molecule has 0 unspecified atom stereocenters. The predicted octanol–water partition coefficient (Wildman–Crippen LogP) is 7.18. The summed E-state index contributed by atoms with van der Waals surface area (Å²) in [7, 11) is 0. The smallest absolute Gasteiger partial charge is 0.143 e. The molecule has 131 valence electrons. The molecule has 1 heteroatoms. The minimum atomic E-state index is 0.833. The second-order valence-electron chi connectivity index (χ2n) is 6.39. The summed E-state index contributed by atoms with van der Waals surface area (Å²) in [6, 6.07) is 36.3. The molecule has 1 radical (unpaired) electrons. The number of aryl methyl sites for hydroxylation is 1. The Kier molecular flexibility index (Phi) is 5.02. The second kappa shape index (κ2) is 7.92. The SMILES string of the molecule is CCc1[c]cc(-c2ccccc2)c(Oc2ccccc2)c1-c1ccccc1. The van der Waals surface area contributed by atoms with E-state index >= 15 is 0 Å². The van der Waals surface area contributed by atoms with Gasteiger partial charge in [0.1, 0.15) is 11.5 Å². The van der Waals surface area contributed by atoms with Gasteiger partial charge in [-0.15, -0.1) is 0 Å². The average Bonchev–Trinajstić information content (AvgIpc) is 2.75. The van der Waals surface area contributed by atoms with Crippen molar-refractivity contribution >= 4 is 0 Å². The van der Waals surface area contributed by atoms with Crippen LogP contribution in [0.5, 0.6) is 11.5 Å². The molecule has 4 aromatic rings. The maximum atomic E-state index is 6.47. The summed E-state index contributed by atoms with van der Waals surface area (Å²) in [5.41, 5.74) is 5.60. The van der Waals surface area contributed by atoms with Crippen LogP contribution >= 0.6 is 0 Å². The Hall–Kier alpha value is -3.32.